The minimum Gasteiger partial charge on any atom is -0.454 e. The van der Waals surface area contributed by atoms with Crippen molar-refractivity contribution in [3.05, 3.63) is 42.2 Å². The average molecular weight is 255 g/mol. The highest BCUT2D eigenvalue weighted by atomic mass is 19.4. The Kier molecular flexibility index (Phi) is 3.05. The molecule has 1 heterocycles. The van der Waals surface area contributed by atoms with E-state index in [9.17, 15) is 13.2 Å². The summed E-state index contributed by atoms with van der Waals surface area (Å²) in [6.07, 6.45) is -1.85. The largest absolute Gasteiger partial charge is 0.454 e. The van der Waals surface area contributed by atoms with E-state index >= 15 is 0 Å². The lowest BCUT2D eigenvalue weighted by Crippen LogP contribution is -2.04. The first-order valence-corrected chi connectivity index (χ1v) is 4.88. The number of ether oxygens (including phenoxy) is 1. The molecule has 94 valence electrons. The number of nitrogen functional groups attached to an aromatic ring is 1. The van der Waals surface area contributed by atoms with Crippen LogP contribution in [0.15, 0.2) is 36.7 Å². The maximum atomic E-state index is 12.5. The van der Waals surface area contributed by atoms with Gasteiger partial charge >= 0.3 is 6.18 Å². The quantitative estimate of drug-likeness (QED) is 0.896. The minimum atomic E-state index is -4.41. The van der Waals surface area contributed by atoms with Crippen molar-refractivity contribution >= 4 is 5.95 Å². The van der Waals surface area contributed by atoms with Crippen molar-refractivity contribution in [2.24, 2.45) is 0 Å². The van der Waals surface area contributed by atoms with Gasteiger partial charge in [0, 0.05) is 0 Å². The normalized spacial score (nSPS) is 11.3. The molecular formula is C11H8F3N3O. The van der Waals surface area contributed by atoms with Gasteiger partial charge in [0.1, 0.15) is 5.75 Å². The van der Waals surface area contributed by atoms with Gasteiger partial charge < -0.3 is 10.5 Å². The number of nitrogens with two attached hydrogens (primary N) is 1. The fourth-order valence-corrected chi connectivity index (χ4v) is 1.25. The van der Waals surface area contributed by atoms with Crippen molar-refractivity contribution in [2.75, 3.05) is 5.73 Å². The van der Waals surface area contributed by atoms with Crippen LogP contribution in [0.5, 0.6) is 11.5 Å². The number of anilines is 1. The van der Waals surface area contributed by atoms with Crippen LogP contribution in [-0.2, 0) is 6.18 Å². The Balaban J connectivity index is 2.22. The van der Waals surface area contributed by atoms with Crippen molar-refractivity contribution in [2.45, 2.75) is 6.18 Å². The number of aromatic nitrogens is 2. The molecule has 0 bridgehead atoms. The molecule has 0 spiro atoms. The number of hydrogen-bond donors (Lipinski definition) is 1. The van der Waals surface area contributed by atoms with Gasteiger partial charge in [-0.05, 0) is 18.2 Å². The molecule has 2 rings (SSSR count). The Hall–Kier alpha value is -2.31. The second-order valence-electron chi connectivity index (χ2n) is 3.40. The topological polar surface area (TPSA) is 61.0 Å². The van der Waals surface area contributed by atoms with E-state index < -0.39 is 11.7 Å². The molecule has 0 saturated heterocycles. The number of nitrogens with zero attached hydrogens (tertiary/aromatic N) is 2. The van der Waals surface area contributed by atoms with Crippen LogP contribution in [-0.4, -0.2) is 9.97 Å². The maximum absolute atomic E-state index is 12.5. The van der Waals surface area contributed by atoms with Gasteiger partial charge in [0.15, 0.2) is 5.75 Å². The van der Waals surface area contributed by atoms with Gasteiger partial charge in [0.05, 0.1) is 18.0 Å². The lowest BCUT2D eigenvalue weighted by molar-refractivity contribution is -0.137. The summed E-state index contributed by atoms with van der Waals surface area (Å²) < 4.78 is 42.6. The minimum absolute atomic E-state index is 0.0539. The zero-order valence-corrected chi connectivity index (χ0v) is 8.98. The van der Waals surface area contributed by atoms with Crippen LogP contribution in [0.3, 0.4) is 0 Å². The molecule has 0 atom stereocenters. The van der Waals surface area contributed by atoms with Gasteiger partial charge in [0.25, 0.3) is 0 Å². The molecule has 0 aliphatic carbocycles. The first kappa shape index (κ1) is 12.2. The molecule has 2 N–H and O–H groups in total. The molecule has 0 fully saturated rings. The molecule has 4 nitrogen and oxygen atoms in total. The Morgan fingerprint density at radius 1 is 1.06 bits per heavy atom. The van der Waals surface area contributed by atoms with Crippen molar-refractivity contribution in [3.8, 4) is 11.5 Å². The Labute approximate surface area is 100 Å². The average Bonchev–Trinajstić information content (AvgIpc) is 2.31. The predicted molar refractivity (Wildman–Crippen MR) is 58.0 cm³/mol. The molecule has 0 amide bonds. The van der Waals surface area contributed by atoms with Gasteiger partial charge in [-0.1, -0.05) is 6.07 Å². The highest BCUT2D eigenvalue weighted by Gasteiger charge is 2.30. The second kappa shape index (κ2) is 4.52. The zero-order valence-electron chi connectivity index (χ0n) is 8.98. The number of halogens is 3. The Morgan fingerprint density at radius 3 is 2.33 bits per heavy atom. The first-order valence-electron chi connectivity index (χ1n) is 4.88. The van der Waals surface area contributed by atoms with Crippen LogP contribution in [0.25, 0.3) is 0 Å². The van der Waals surface area contributed by atoms with E-state index in [2.05, 4.69) is 9.97 Å². The fraction of sp³-hybridized carbons (Fsp3) is 0.0909. The standard InChI is InChI=1S/C11H8F3N3O/c12-11(13,14)7-2-1-3-8(4-7)18-9-5-16-10(15)17-6-9/h1-6H,(H2,15,16,17). The van der Waals surface area contributed by atoms with E-state index in [1.165, 1.54) is 24.5 Å². The summed E-state index contributed by atoms with van der Waals surface area (Å²) in [6, 6.07) is 4.53. The van der Waals surface area contributed by atoms with Gasteiger partial charge in [-0.25, -0.2) is 9.97 Å². The zero-order chi connectivity index (χ0) is 13.2. The van der Waals surface area contributed by atoms with Crippen LogP contribution in [0.4, 0.5) is 19.1 Å². The van der Waals surface area contributed by atoms with Crippen molar-refractivity contribution in [3.63, 3.8) is 0 Å². The summed E-state index contributed by atoms with van der Waals surface area (Å²) in [5.41, 5.74) is 4.49. The number of benzene rings is 1. The van der Waals surface area contributed by atoms with Crippen LogP contribution in [0.1, 0.15) is 5.56 Å². The number of alkyl halides is 3. The third kappa shape index (κ3) is 2.88. The molecule has 7 heteroatoms. The summed E-state index contributed by atoms with van der Waals surface area (Å²) >= 11 is 0. The van der Waals surface area contributed by atoms with Gasteiger partial charge in [-0.3, -0.25) is 0 Å². The summed E-state index contributed by atoms with van der Waals surface area (Å²) in [7, 11) is 0. The van der Waals surface area contributed by atoms with E-state index in [-0.39, 0.29) is 17.4 Å². The van der Waals surface area contributed by atoms with E-state index in [4.69, 9.17) is 10.5 Å². The second-order valence-corrected chi connectivity index (χ2v) is 3.40. The van der Waals surface area contributed by atoms with E-state index in [1.54, 1.807) is 0 Å². The first-order chi connectivity index (χ1) is 8.45. The fourth-order valence-electron chi connectivity index (χ4n) is 1.25. The summed E-state index contributed by atoms with van der Waals surface area (Å²) in [5.74, 6) is 0.327. The third-order valence-electron chi connectivity index (χ3n) is 2.05. The molecule has 1 aromatic heterocycles. The summed E-state index contributed by atoms with van der Waals surface area (Å²) in [5, 5.41) is 0. The molecule has 0 saturated carbocycles. The smallest absolute Gasteiger partial charge is 0.416 e. The highest BCUT2D eigenvalue weighted by Crippen LogP contribution is 2.32. The number of rotatable bonds is 2. The van der Waals surface area contributed by atoms with Gasteiger partial charge in [-0.15, -0.1) is 0 Å². The highest BCUT2D eigenvalue weighted by molar-refractivity contribution is 5.34. The van der Waals surface area contributed by atoms with Gasteiger partial charge in [-0.2, -0.15) is 13.2 Å². The Morgan fingerprint density at radius 2 is 1.72 bits per heavy atom. The lowest BCUT2D eigenvalue weighted by Gasteiger charge is -2.09. The Bertz CT molecular complexity index is 540. The lowest BCUT2D eigenvalue weighted by atomic mass is 10.2. The molecule has 18 heavy (non-hydrogen) atoms. The van der Waals surface area contributed by atoms with Crippen LogP contribution >= 0.6 is 0 Å². The summed E-state index contributed by atoms with van der Waals surface area (Å²) in [6.45, 7) is 0. The van der Waals surface area contributed by atoms with Crippen LogP contribution in [0.2, 0.25) is 0 Å². The molecule has 0 radical (unpaired) electrons. The SMILES string of the molecule is Nc1ncc(Oc2cccc(C(F)(F)F)c2)cn1. The van der Waals surface area contributed by atoms with Crippen LogP contribution in [0, 0.1) is 0 Å². The van der Waals surface area contributed by atoms with Crippen molar-refractivity contribution < 1.29 is 17.9 Å². The maximum Gasteiger partial charge on any atom is 0.416 e. The summed E-state index contributed by atoms with van der Waals surface area (Å²) in [4.78, 5) is 7.33. The molecule has 1 aromatic carbocycles. The number of hydrogen-bond acceptors (Lipinski definition) is 4. The molecule has 0 aliphatic heterocycles. The molecule has 2 aromatic rings. The predicted octanol–water partition coefficient (Wildman–Crippen LogP) is 2.87. The van der Waals surface area contributed by atoms with Crippen molar-refractivity contribution in [1.82, 2.24) is 9.97 Å². The van der Waals surface area contributed by atoms with Crippen molar-refractivity contribution in [1.29, 1.82) is 0 Å². The van der Waals surface area contributed by atoms with Crippen LogP contribution < -0.4 is 10.5 Å². The third-order valence-corrected chi connectivity index (χ3v) is 2.05. The molecule has 0 aliphatic rings. The van der Waals surface area contributed by atoms with E-state index in [0.29, 0.717) is 0 Å². The van der Waals surface area contributed by atoms with Gasteiger partial charge in [0.2, 0.25) is 5.95 Å². The monoisotopic (exact) mass is 255 g/mol. The molecule has 0 unspecified atom stereocenters. The van der Waals surface area contributed by atoms with E-state index in [1.807, 2.05) is 0 Å². The molecular weight excluding hydrogens is 247 g/mol. The van der Waals surface area contributed by atoms with E-state index in [0.717, 1.165) is 12.1 Å².